The van der Waals surface area contributed by atoms with Crippen LogP contribution in [0.3, 0.4) is 0 Å². The fourth-order valence-electron chi connectivity index (χ4n) is 1.58. The van der Waals surface area contributed by atoms with E-state index in [1.165, 1.54) is 11.3 Å². The molecule has 5 heteroatoms. The fraction of sp³-hybridized carbons (Fsp3) is 0. The topological polar surface area (TPSA) is 63.1 Å². The third kappa shape index (κ3) is 1.13. The zero-order valence-electron chi connectivity index (χ0n) is 7.44. The van der Waals surface area contributed by atoms with Crippen molar-refractivity contribution in [1.82, 2.24) is 4.98 Å². The summed E-state index contributed by atoms with van der Waals surface area (Å²) in [6.45, 7) is 0. The lowest BCUT2D eigenvalue weighted by Crippen LogP contribution is -1.92. The molecular weight excluding hydrogens is 214 g/mol. The number of benzene rings is 1. The Morgan fingerprint density at radius 1 is 1.40 bits per heavy atom. The third-order valence-corrected chi connectivity index (χ3v) is 3.24. The summed E-state index contributed by atoms with van der Waals surface area (Å²) in [5, 5.41) is 2.63. The van der Waals surface area contributed by atoms with Crippen molar-refractivity contribution < 1.29 is 9.21 Å². The number of hydrogen-bond donors (Lipinski definition) is 1. The number of thiophene rings is 1. The number of aromatic nitrogens is 1. The largest absolute Gasteiger partial charge is 0.417 e. The van der Waals surface area contributed by atoms with E-state index in [0.717, 1.165) is 16.4 Å². The number of nitrogens with one attached hydrogen (secondary N) is 1. The summed E-state index contributed by atoms with van der Waals surface area (Å²) in [5.41, 5.74) is 1.78. The molecule has 0 amide bonds. The summed E-state index contributed by atoms with van der Waals surface area (Å²) in [7, 11) is 0. The zero-order valence-corrected chi connectivity index (χ0v) is 8.26. The van der Waals surface area contributed by atoms with Crippen molar-refractivity contribution in [3.05, 3.63) is 33.6 Å². The summed E-state index contributed by atoms with van der Waals surface area (Å²) >= 11 is 1.46. The molecule has 1 N–H and O–H groups in total. The van der Waals surface area contributed by atoms with Crippen LogP contribution in [0.1, 0.15) is 10.4 Å². The number of rotatable bonds is 1. The molecule has 2 heterocycles. The molecule has 0 spiro atoms. The second kappa shape index (κ2) is 2.80. The molecule has 0 aliphatic carbocycles. The first-order valence-corrected chi connectivity index (χ1v) is 5.15. The van der Waals surface area contributed by atoms with Crippen LogP contribution in [0.4, 0.5) is 0 Å². The molecule has 15 heavy (non-hydrogen) atoms. The molecule has 1 aromatic carbocycles. The van der Waals surface area contributed by atoms with Crippen LogP contribution < -0.4 is 5.76 Å². The average molecular weight is 219 g/mol. The number of carbonyl (C=O) groups is 1. The molecule has 0 unspecified atom stereocenters. The summed E-state index contributed by atoms with van der Waals surface area (Å²) in [5.74, 6) is -0.477. The molecule has 74 valence electrons. The second-order valence-corrected chi connectivity index (χ2v) is 4.08. The average Bonchev–Trinajstić information content (AvgIpc) is 2.75. The van der Waals surface area contributed by atoms with Gasteiger partial charge in [0.25, 0.3) is 0 Å². The molecule has 3 aromatic rings. The van der Waals surface area contributed by atoms with Crippen LogP contribution in [-0.4, -0.2) is 11.3 Å². The van der Waals surface area contributed by atoms with Gasteiger partial charge in [0.15, 0.2) is 11.9 Å². The van der Waals surface area contributed by atoms with Crippen molar-refractivity contribution in [3.8, 4) is 0 Å². The Morgan fingerprint density at radius 2 is 2.27 bits per heavy atom. The van der Waals surface area contributed by atoms with Gasteiger partial charge >= 0.3 is 5.76 Å². The number of aromatic amines is 1. The summed E-state index contributed by atoms with van der Waals surface area (Å²) < 4.78 is 5.86. The normalized spacial score (nSPS) is 11.2. The van der Waals surface area contributed by atoms with E-state index in [4.69, 9.17) is 4.42 Å². The molecule has 3 rings (SSSR count). The van der Waals surface area contributed by atoms with Gasteiger partial charge in [-0.05, 0) is 6.07 Å². The van der Waals surface area contributed by atoms with E-state index in [2.05, 4.69) is 4.98 Å². The lowest BCUT2D eigenvalue weighted by Gasteiger charge is -1.90. The Kier molecular flexibility index (Phi) is 1.58. The number of carbonyl (C=O) groups excluding carboxylic acids is 1. The van der Waals surface area contributed by atoms with Crippen molar-refractivity contribution in [2.24, 2.45) is 0 Å². The monoisotopic (exact) mass is 219 g/mol. The van der Waals surface area contributed by atoms with Crippen LogP contribution in [0.15, 0.2) is 26.7 Å². The predicted molar refractivity (Wildman–Crippen MR) is 57.6 cm³/mol. The molecule has 0 aliphatic rings. The fourth-order valence-corrected chi connectivity index (χ4v) is 2.50. The van der Waals surface area contributed by atoms with Gasteiger partial charge in [-0.2, -0.15) is 0 Å². The highest BCUT2D eigenvalue weighted by atomic mass is 32.1. The molecule has 0 radical (unpaired) electrons. The van der Waals surface area contributed by atoms with E-state index >= 15 is 0 Å². The van der Waals surface area contributed by atoms with Gasteiger partial charge in [0.2, 0.25) is 0 Å². The lowest BCUT2D eigenvalue weighted by atomic mass is 10.2. The Morgan fingerprint density at radius 3 is 3.07 bits per heavy atom. The Labute approximate surface area is 87.1 Å². The van der Waals surface area contributed by atoms with Gasteiger partial charge in [0.1, 0.15) is 0 Å². The summed E-state index contributed by atoms with van der Waals surface area (Å²) in [6, 6.07) is 3.52. The van der Waals surface area contributed by atoms with Gasteiger partial charge in [0.05, 0.1) is 5.52 Å². The smallest absolute Gasteiger partial charge is 0.408 e. The second-order valence-electron chi connectivity index (χ2n) is 3.17. The summed E-state index contributed by atoms with van der Waals surface area (Å²) in [6.07, 6.45) is 0.808. The number of oxazole rings is 1. The van der Waals surface area contributed by atoms with Crippen molar-refractivity contribution in [3.63, 3.8) is 0 Å². The van der Waals surface area contributed by atoms with E-state index in [1.807, 2.05) is 0 Å². The van der Waals surface area contributed by atoms with Crippen LogP contribution >= 0.6 is 11.3 Å². The Balaban J connectivity index is 2.53. The highest BCUT2D eigenvalue weighted by Gasteiger charge is 2.07. The number of H-pyrrole nitrogens is 1. The van der Waals surface area contributed by atoms with Crippen LogP contribution in [0.2, 0.25) is 0 Å². The predicted octanol–water partition coefficient (Wildman–Crippen LogP) is 2.15. The van der Waals surface area contributed by atoms with Crippen molar-refractivity contribution >= 4 is 38.8 Å². The number of aldehydes is 1. The zero-order chi connectivity index (χ0) is 10.4. The Hall–Kier alpha value is -1.88. The van der Waals surface area contributed by atoms with Crippen molar-refractivity contribution in [2.45, 2.75) is 0 Å². The van der Waals surface area contributed by atoms with E-state index in [-0.39, 0.29) is 0 Å². The lowest BCUT2D eigenvalue weighted by molar-refractivity contribution is 0.112. The minimum Gasteiger partial charge on any atom is -0.408 e. The molecule has 0 fully saturated rings. The molecule has 0 bridgehead atoms. The number of hydrogen-bond acceptors (Lipinski definition) is 4. The van der Waals surface area contributed by atoms with Crippen molar-refractivity contribution in [1.29, 1.82) is 0 Å². The van der Waals surface area contributed by atoms with E-state index in [9.17, 15) is 9.59 Å². The molecule has 0 atom stereocenters. The molecule has 0 aliphatic heterocycles. The molecular formula is C10H5NO3S. The molecule has 4 nitrogen and oxygen atoms in total. The first kappa shape index (κ1) is 8.43. The van der Waals surface area contributed by atoms with Crippen LogP contribution in [-0.2, 0) is 0 Å². The van der Waals surface area contributed by atoms with Gasteiger partial charge in [0, 0.05) is 27.1 Å². The van der Waals surface area contributed by atoms with E-state index < -0.39 is 5.76 Å². The Bertz CT molecular complexity index is 719. The first-order chi connectivity index (χ1) is 7.28. The minimum absolute atomic E-state index is 0.477. The van der Waals surface area contributed by atoms with E-state index in [1.54, 1.807) is 17.5 Å². The highest BCUT2D eigenvalue weighted by Crippen LogP contribution is 2.28. The van der Waals surface area contributed by atoms with E-state index in [0.29, 0.717) is 16.7 Å². The van der Waals surface area contributed by atoms with Crippen molar-refractivity contribution in [2.75, 3.05) is 0 Å². The van der Waals surface area contributed by atoms with Crippen LogP contribution in [0.25, 0.3) is 21.2 Å². The summed E-state index contributed by atoms with van der Waals surface area (Å²) in [4.78, 5) is 24.2. The third-order valence-electron chi connectivity index (χ3n) is 2.27. The maximum atomic E-state index is 11.0. The number of fused-ring (bicyclic) bond motifs is 2. The highest BCUT2D eigenvalue weighted by molar-refractivity contribution is 7.17. The molecule has 2 aromatic heterocycles. The van der Waals surface area contributed by atoms with Crippen LogP contribution in [0.5, 0.6) is 0 Å². The minimum atomic E-state index is -0.477. The first-order valence-electron chi connectivity index (χ1n) is 4.27. The quantitative estimate of drug-likeness (QED) is 0.638. The van der Waals surface area contributed by atoms with Gasteiger partial charge < -0.3 is 4.42 Å². The SMILES string of the molecule is O=Cc1csc2cc3oc(=O)[nH]c3cc12. The van der Waals surface area contributed by atoms with Crippen LogP contribution in [0, 0.1) is 0 Å². The van der Waals surface area contributed by atoms with Gasteiger partial charge in [-0.3, -0.25) is 9.78 Å². The molecule has 0 saturated carbocycles. The standard InChI is InChI=1S/C10H5NO3S/c12-3-5-4-15-9-2-8-7(1-6(5)9)11-10(13)14-8/h1-4H,(H,11,13). The van der Waals surface area contributed by atoms with Gasteiger partial charge in [-0.15, -0.1) is 11.3 Å². The maximum Gasteiger partial charge on any atom is 0.417 e. The van der Waals surface area contributed by atoms with Gasteiger partial charge in [-0.1, -0.05) is 0 Å². The molecule has 0 saturated heterocycles. The maximum absolute atomic E-state index is 11.0. The van der Waals surface area contributed by atoms with Gasteiger partial charge in [-0.25, -0.2) is 4.79 Å².